The fourth-order valence-corrected chi connectivity index (χ4v) is 4.09. The zero-order valence-corrected chi connectivity index (χ0v) is 17.6. The van der Waals surface area contributed by atoms with E-state index in [0.29, 0.717) is 0 Å². The van der Waals surface area contributed by atoms with Gasteiger partial charge in [0.25, 0.3) is 0 Å². The summed E-state index contributed by atoms with van der Waals surface area (Å²) in [7, 11) is -7.80. The Morgan fingerprint density at radius 2 is 1.40 bits per heavy atom. The Balaban J connectivity index is 2.31. The SMILES string of the molecule is COC1COC(OC2C(C)OC(OC)C(O)C2OS(=O)(=O)O)C(OS(=O)(=O)O)C1O. The highest BCUT2D eigenvalue weighted by molar-refractivity contribution is 7.81. The summed E-state index contributed by atoms with van der Waals surface area (Å²) in [5.41, 5.74) is 0. The van der Waals surface area contributed by atoms with E-state index in [0.717, 1.165) is 7.11 Å². The fourth-order valence-electron chi connectivity index (χ4n) is 3.10. The van der Waals surface area contributed by atoms with E-state index in [1.807, 2.05) is 0 Å². The van der Waals surface area contributed by atoms with E-state index in [4.69, 9.17) is 32.8 Å². The summed E-state index contributed by atoms with van der Waals surface area (Å²) in [6.07, 6.45) is -13.8. The van der Waals surface area contributed by atoms with Crippen molar-refractivity contribution in [3.63, 3.8) is 0 Å². The summed E-state index contributed by atoms with van der Waals surface area (Å²) < 4.78 is 97.8. The molecule has 0 radical (unpaired) electrons. The minimum absolute atomic E-state index is 0.303. The van der Waals surface area contributed by atoms with Crippen molar-refractivity contribution in [3.05, 3.63) is 0 Å². The highest BCUT2D eigenvalue weighted by Gasteiger charge is 2.51. The summed E-state index contributed by atoms with van der Waals surface area (Å²) in [5.74, 6) is 0. The van der Waals surface area contributed by atoms with Gasteiger partial charge in [0.2, 0.25) is 0 Å². The topological polar surface area (TPSA) is 214 Å². The molecule has 2 heterocycles. The molecule has 0 aromatic rings. The molecule has 0 aliphatic carbocycles. The Morgan fingerprint density at radius 3 is 1.90 bits per heavy atom. The lowest BCUT2D eigenvalue weighted by Gasteiger charge is -2.45. The van der Waals surface area contributed by atoms with Crippen LogP contribution in [0.5, 0.6) is 0 Å². The summed E-state index contributed by atoms with van der Waals surface area (Å²) in [4.78, 5) is 0. The Hall–Kier alpha value is -0.540. The van der Waals surface area contributed by atoms with E-state index in [-0.39, 0.29) is 6.61 Å². The van der Waals surface area contributed by atoms with Crippen LogP contribution in [-0.4, -0.2) is 112 Å². The van der Waals surface area contributed by atoms with Crippen molar-refractivity contribution >= 4 is 20.8 Å². The van der Waals surface area contributed by atoms with Gasteiger partial charge in [-0.25, -0.2) is 8.37 Å². The van der Waals surface area contributed by atoms with Crippen molar-refractivity contribution in [3.8, 4) is 0 Å². The van der Waals surface area contributed by atoms with Crippen LogP contribution >= 0.6 is 0 Å². The second-order valence-corrected chi connectivity index (χ2v) is 8.58. The predicted octanol–water partition coefficient (Wildman–Crippen LogP) is -2.77. The van der Waals surface area contributed by atoms with Crippen LogP contribution in [0.1, 0.15) is 6.92 Å². The van der Waals surface area contributed by atoms with Gasteiger partial charge in [-0.2, -0.15) is 16.8 Å². The zero-order valence-electron chi connectivity index (χ0n) is 16.0. The number of aliphatic hydroxyl groups is 2. The van der Waals surface area contributed by atoms with Crippen LogP contribution in [0.15, 0.2) is 0 Å². The van der Waals surface area contributed by atoms with Crippen molar-refractivity contribution in [2.75, 3.05) is 20.8 Å². The van der Waals surface area contributed by atoms with Crippen molar-refractivity contribution in [1.82, 2.24) is 0 Å². The maximum atomic E-state index is 11.2. The molecule has 4 N–H and O–H groups in total. The largest absolute Gasteiger partial charge is 0.397 e. The van der Waals surface area contributed by atoms with Crippen LogP contribution in [0.4, 0.5) is 0 Å². The van der Waals surface area contributed by atoms with Crippen molar-refractivity contribution in [2.45, 2.75) is 62.2 Å². The molecule has 0 amide bonds. The second-order valence-electron chi connectivity index (χ2n) is 6.48. The van der Waals surface area contributed by atoms with Gasteiger partial charge < -0.3 is 33.9 Å². The minimum atomic E-state index is -5.08. The normalized spacial score (nSPS) is 41.0. The molecule has 9 atom stereocenters. The van der Waals surface area contributed by atoms with Crippen LogP contribution in [0.25, 0.3) is 0 Å². The van der Waals surface area contributed by atoms with Crippen molar-refractivity contribution < 1.29 is 68.2 Å². The molecule has 9 unspecified atom stereocenters. The molecule has 0 saturated carbocycles. The molecule has 178 valence electrons. The van der Waals surface area contributed by atoms with Gasteiger partial charge >= 0.3 is 20.8 Å². The number of ether oxygens (including phenoxy) is 5. The highest BCUT2D eigenvalue weighted by Crippen LogP contribution is 2.31. The minimum Gasteiger partial charge on any atom is -0.387 e. The van der Waals surface area contributed by atoms with E-state index in [2.05, 4.69) is 8.37 Å². The molecule has 2 rings (SSSR count). The number of methoxy groups -OCH3 is 2. The Bertz CT molecular complexity index is 769. The third-order valence-electron chi connectivity index (χ3n) is 4.45. The molecule has 0 aromatic heterocycles. The van der Waals surface area contributed by atoms with Gasteiger partial charge in [0.1, 0.15) is 30.5 Å². The summed E-state index contributed by atoms with van der Waals surface area (Å²) in [5, 5.41) is 20.6. The molecule has 2 fully saturated rings. The first kappa shape index (κ1) is 25.7. The smallest absolute Gasteiger partial charge is 0.387 e. The van der Waals surface area contributed by atoms with Crippen LogP contribution in [0.3, 0.4) is 0 Å². The Labute approximate surface area is 172 Å². The fraction of sp³-hybridized carbons (Fsp3) is 1.00. The maximum absolute atomic E-state index is 11.2. The van der Waals surface area contributed by atoms with E-state index in [1.165, 1.54) is 14.0 Å². The first-order chi connectivity index (χ1) is 13.8. The van der Waals surface area contributed by atoms with Crippen molar-refractivity contribution in [1.29, 1.82) is 0 Å². The number of aliphatic hydroxyl groups excluding tert-OH is 2. The highest BCUT2D eigenvalue weighted by atomic mass is 32.3. The number of hydrogen-bond donors (Lipinski definition) is 4. The second kappa shape index (κ2) is 9.94. The third kappa shape index (κ3) is 6.48. The molecule has 0 aromatic carbocycles. The molecule has 30 heavy (non-hydrogen) atoms. The molecular weight excluding hydrogens is 460 g/mol. The summed E-state index contributed by atoms with van der Waals surface area (Å²) in [6.45, 7) is 1.07. The molecule has 2 saturated heterocycles. The van der Waals surface area contributed by atoms with Crippen LogP contribution < -0.4 is 0 Å². The molecule has 0 spiro atoms. The van der Waals surface area contributed by atoms with E-state index >= 15 is 0 Å². The van der Waals surface area contributed by atoms with E-state index < -0.39 is 76.1 Å². The average molecular weight is 484 g/mol. The molecule has 2 aliphatic heterocycles. The van der Waals surface area contributed by atoms with Crippen LogP contribution in [0, 0.1) is 0 Å². The number of rotatable bonds is 8. The van der Waals surface area contributed by atoms with Gasteiger partial charge in [-0.1, -0.05) is 0 Å². The van der Waals surface area contributed by atoms with Crippen LogP contribution in [-0.2, 0) is 52.8 Å². The predicted molar refractivity (Wildman–Crippen MR) is 91.6 cm³/mol. The van der Waals surface area contributed by atoms with E-state index in [1.54, 1.807) is 0 Å². The summed E-state index contributed by atoms with van der Waals surface area (Å²) >= 11 is 0. The van der Waals surface area contributed by atoms with Crippen molar-refractivity contribution in [2.24, 2.45) is 0 Å². The Kier molecular flexibility index (Phi) is 8.52. The summed E-state index contributed by atoms with van der Waals surface area (Å²) in [6, 6.07) is 0. The molecule has 2 aliphatic rings. The van der Waals surface area contributed by atoms with Gasteiger partial charge in [-0.05, 0) is 6.92 Å². The third-order valence-corrected chi connectivity index (χ3v) is 5.38. The quantitative estimate of drug-likeness (QED) is 0.257. The lowest BCUT2D eigenvalue weighted by atomic mass is 9.99. The molecule has 17 heteroatoms. The maximum Gasteiger partial charge on any atom is 0.397 e. The van der Waals surface area contributed by atoms with E-state index in [9.17, 15) is 27.0 Å². The lowest BCUT2D eigenvalue weighted by Crippen LogP contribution is -2.63. The van der Waals surface area contributed by atoms with Gasteiger partial charge in [0.15, 0.2) is 18.7 Å². The first-order valence-corrected chi connectivity index (χ1v) is 11.2. The standard InChI is InChI=1S/C13H24O15S2/c1-5-9(10(27-29(16,17)18)8(15)12(23-3)25-5)26-13-11(28-30(19,20)21)7(14)6(22-2)4-24-13/h5-15H,4H2,1-3H3,(H,16,17,18)(H,19,20,21). The van der Waals surface area contributed by atoms with Gasteiger partial charge in [0, 0.05) is 14.2 Å². The molecular formula is C13H24O15S2. The number of hydrogen-bond acceptors (Lipinski definition) is 13. The molecule has 0 bridgehead atoms. The van der Waals surface area contributed by atoms with Gasteiger partial charge in [-0.3, -0.25) is 9.11 Å². The monoisotopic (exact) mass is 484 g/mol. The van der Waals surface area contributed by atoms with Gasteiger partial charge in [-0.15, -0.1) is 0 Å². The Morgan fingerprint density at radius 1 is 0.833 bits per heavy atom. The molecule has 15 nitrogen and oxygen atoms in total. The van der Waals surface area contributed by atoms with Gasteiger partial charge in [0.05, 0.1) is 12.7 Å². The zero-order chi connectivity index (χ0) is 22.9. The average Bonchev–Trinajstić information content (AvgIpc) is 2.61. The lowest BCUT2D eigenvalue weighted by molar-refractivity contribution is -0.336. The van der Waals surface area contributed by atoms with Crippen LogP contribution in [0.2, 0.25) is 0 Å². The first-order valence-electron chi connectivity index (χ1n) is 8.43.